The fourth-order valence-electron chi connectivity index (χ4n) is 7.61. The first-order valence-electron chi connectivity index (χ1n) is 25.3. The Morgan fingerprint density at radius 1 is 0.325 bits per heavy atom. The normalized spacial score (nSPS) is 12.7. The molecule has 4 heterocycles. The molecule has 4 aromatic rings. The molecule has 30 heteroatoms. The van der Waals surface area contributed by atoms with Gasteiger partial charge in [0.25, 0.3) is 0 Å². The van der Waals surface area contributed by atoms with E-state index in [0.29, 0.717) is 18.9 Å². The Bertz CT molecular complexity index is 2270. The van der Waals surface area contributed by atoms with Gasteiger partial charge in [0.05, 0.1) is 0 Å². The van der Waals surface area contributed by atoms with Gasteiger partial charge in [0.2, 0.25) is 47.0 Å². The number of nitrogens with zero attached hydrogens (tertiary/aromatic N) is 6. The molecule has 0 saturated carbocycles. The lowest BCUT2D eigenvalue weighted by Crippen LogP contribution is -2.46. The van der Waals surface area contributed by atoms with E-state index in [1.54, 1.807) is 37.5 Å². The van der Waals surface area contributed by atoms with E-state index < -0.39 is 119 Å². The van der Waals surface area contributed by atoms with E-state index in [1.165, 1.54) is 0 Å². The lowest BCUT2D eigenvalue weighted by molar-refractivity contribution is -0.154. The Kier molecular flexibility index (Phi) is 25.1. The van der Waals surface area contributed by atoms with Gasteiger partial charge in [0, 0.05) is 139 Å². The zero-order valence-electron chi connectivity index (χ0n) is 44.4. The quantitative estimate of drug-likeness (QED) is 0.0239. The third-order valence-electron chi connectivity index (χ3n) is 11.1. The van der Waals surface area contributed by atoms with Crippen molar-refractivity contribution in [2.75, 3.05) is 39.3 Å². The molecule has 4 aromatic heterocycles. The molecule has 0 fully saturated rings. The van der Waals surface area contributed by atoms with Crippen LogP contribution in [0.5, 0.6) is 47.0 Å². The Hall–Kier alpha value is -8.80. The number of esters is 4. The number of rotatable bonds is 35. The molecule has 8 N–H and O–H groups in total. The van der Waals surface area contributed by atoms with Crippen molar-refractivity contribution in [2.24, 2.45) is 0 Å². The number of aromatic nitrogens is 4. The predicted octanol–water partition coefficient (Wildman–Crippen LogP) is 1.47. The van der Waals surface area contributed by atoms with Crippen LogP contribution in [0.3, 0.4) is 0 Å². The van der Waals surface area contributed by atoms with Crippen LogP contribution in [0.2, 0.25) is 0 Å². The van der Waals surface area contributed by atoms with E-state index in [-0.39, 0.29) is 116 Å². The van der Waals surface area contributed by atoms with Crippen LogP contribution in [-0.2, 0) is 57.3 Å². The van der Waals surface area contributed by atoms with Crippen molar-refractivity contribution in [3.63, 3.8) is 0 Å². The van der Waals surface area contributed by atoms with Crippen LogP contribution in [0.25, 0.3) is 0 Å². The Labute approximate surface area is 457 Å². The molecule has 30 nitrogen and oxygen atoms in total. The fourth-order valence-corrected chi connectivity index (χ4v) is 7.61. The first-order valence-corrected chi connectivity index (χ1v) is 25.3. The van der Waals surface area contributed by atoms with Crippen molar-refractivity contribution in [3.8, 4) is 47.0 Å². The second kappa shape index (κ2) is 31.6. The van der Waals surface area contributed by atoms with E-state index in [0.717, 1.165) is 48.5 Å². The monoisotopic (exact) mass is 1140 g/mol. The molecule has 4 rings (SSSR count). The molecule has 0 aromatic carbocycles. The number of hydrogen-bond donors (Lipinski definition) is 8. The zero-order chi connectivity index (χ0) is 59.1. The maximum absolute atomic E-state index is 13.0. The maximum atomic E-state index is 13.0. The summed E-state index contributed by atoms with van der Waals surface area (Å²) in [6, 6.07) is 8.82. The van der Waals surface area contributed by atoms with Gasteiger partial charge in [-0.05, 0) is 53.4 Å². The van der Waals surface area contributed by atoms with Gasteiger partial charge in [-0.2, -0.15) is 0 Å². The molecule has 0 spiro atoms. The molecule has 4 atom stereocenters. The number of hydrogen-bond acceptors (Lipinski definition) is 26. The third-order valence-corrected chi connectivity index (χ3v) is 11.1. The van der Waals surface area contributed by atoms with Gasteiger partial charge in [-0.3, -0.25) is 29.0 Å². The highest BCUT2D eigenvalue weighted by molar-refractivity contribution is 5.75. The number of carbonyl (C=O) groups is 8. The summed E-state index contributed by atoms with van der Waals surface area (Å²) >= 11 is 0. The predicted molar refractivity (Wildman–Crippen MR) is 268 cm³/mol. The fraction of sp³-hybridized carbons (Fsp3) is 0.520. The SMILES string of the molecule is CC(CN(CCN(CC(C)OC(=O)CCCC(=O)On1c(O)ccc1O)CC(C)OC(=O)CCCC(=O)On1c(O)ccc1O)CC(C)OC(=O)CCCC(=O)On1c(O)ccc1O)OC(=O)CCCC(=O)On1c(O)ccc1O. The summed E-state index contributed by atoms with van der Waals surface area (Å²) in [5.74, 6) is -10.4. The molecule has 80 heavy (non-hydrogen) atoms. The van der Waals surface area contributed by atoms with E-state index in [2.05, 4.69) is 0 Å². The summed E-state index contributed by atoms with van der Waals surface area (Å²) in [6.45, 7) is 6.91. The van der Waals surface area contributed by atoms with Crippen LogP contribution in [-0.4, -0.2) is 181 Å². The average Bonchev–Trinajstić information content (AvgIpc) is 4.08. The maximum Gasteiger partial charge on any atom is 0.333 e. The Morgan fingerprint density at radius 3 is 0.662 bits per heavy atom. The van der Waals surface area contributed by atoms with Crippen LogP contribution in [0, 0.1) is 0 Å². The van der Waals surface area contributed by atoms with Crippen LogP contribution in [0.4, 0.5) is 0 Å². The highest BCUT2D eigenvalue weighted by Crippen LogP contribution is 2.23. The molecular weight excluding hydrogens is 1070 g/mol. The van der Waals surface area contributed by atoms with Crippen LogP contribution < -0.4 is 19.4 Å². The van der Waals surface area contributed by atoms with Gasteiger partial charge in [-0.1, -0.05) is 0 Å². The molecule has 442 valence electrons. The minimum Gasteiger partial charge on any atom is -0.492 e. The van der Waals surface area contributed by atoms with Gasteiger partial charge >= 0.3 is 47.8 Å². The second-order valence-electron chi connectivity index (χ2n) is 18.4. The molecule has 0 aliphatic carbocycles. The summed E-state index contributed by atoms with van der Waals surface area (Å²) in [4.78, 5) is 124. The van der Waals surface area contributed by atoms with E-state index in [9.17, 15) is 79.2 Å². The first kappa shape index (κ1) is 63.7. The molecule has 0 amide bonds. The van der Waals surface area contributed by atoms with Crippen molar-refractivity contribution in [1.82, 2.24) is 28.7 Å². The standard InChI is InChI=1S/C50H68N6O24/c1-31(73-43(65)9-5-13-47(69)77-53-35(57)17-18-36(53)58)27-51(28-32(2)74-44(66)10-6-14-48(70)78-54-37(59)19-20-38(54)60)25-26-52(29-33(3)75-45(67)11-7-15-49(71)79-55-39(61)21-22-40(55)62)30-34(4)76-46(68)12-8-16-50(72)80-56-41(63)23-24-42(56)64/h17-24,31-34,57-64H,5-16,25-30H2,1-4H3. The van der Waals surface area contributed by atoms with Crippen molar-refractivity contribution < 1.29 is 118 Å². The summed E-state index contributed by atoms with van der Waals surface area (Å²) in [5.41, 5.74) is 0. The minimum atomic E-state index is -0.857. The molecule has 4 unspecified atom stereocenters. The van der Waals surface area contributed by atoms with Crippen molar-refractivity contribution in [3.05, 3.63) is 48.5 Å². The minimum absolute atomic E-state index is 0.0191. The van der Waals surface area contributed by atoms with Crippen LogP contribution >= 0.6 is 0 Å². The second-order valence-corrected chi connectivity index (χ2v) is 18.4. The van der Waals surface area contributed by atoms with Crippen molar-refractivity contribution in [1.29, 1.82) is 0 Å². The molecule has 0 aliphatic heterocycles. The Balaban J connectivity index is 1.40. The van der Waals surface area contributed by atoms with Crippen LogP contribution in [0.15, 0.2) is 48.5 Å². The first-order chi connectivity index (χ1) is 37.9. The van der Waals surface area contributed by atoms with Gasteiger partial charge in [0.15, 0.2) is 0 Å². The third kappa shape index (κ3) is 22.3. The van der Waals surface area contributed by atoms with E-state index in [4.69, 9.17) is 38.3 Å². The number of carbonyl (C=O) groups excluding carboxylic acids is 8. The summed E-state index contributed by atoms with van der Waals surface area (Å²) < 4.78 is 24.7. The number of ether oxygens (including phenoxy) is 4. The molecule has 0 radical (unpaired) electrons. The zero-order valence-corrected chi connectivity index (χ0v) is 44.4. The average molecular weight is 1140 g/mol. The van der Waals surface area contributed by atoms with E-state index in [1.807, 2.05) is 0 Å². The van der Waals surface area contributed by atoms with Crippen molar-refractivity contribution in [2.45, 2.75) is 129 Å². The number of aromatic hydroxyl groups is 8. The largest absolute Gasteiger partial charge is 0.492 e. The summed E-state index contributed by atoms with van der Waals surface area (Å²) in [6.07, 6.45) is -5.32. The highest BCUT2D eigenvalue weighted by atomic mass is 16.7. The molecular formula is C50H68N6O24. The molecule has 0 bridgehead atoms. The van der Waals surface area contributed by atoms with Gasteiger partial charge in [-0.25, -0.2) is 19.2 Å². The Morgan fingerprint density at radius 2 is 0.487 bits per heavy atom. The van der Waals surface area contributed by atoms with Gasteiger partial charge in [-0.15, -0.1) is 18.9 Å². The smallest absolute Gasteiger partial charge is 0.333 e. The summed E-state index contributed by atoms with van der Waals surface area (Å²) in [5, 5.41) is 77.9. The molecule has 0 saturated heterocycles. The lowest BCUT2D eigenvalue weighted by atomic mass is 10.2. The lowest BCUT2D eigenvalue weighted by Gasteiger charge is -2.32. The molecule has 0 aliphatic rings. The summed E-state index contributed by atoms with van der Waals surface area (Å²) in [7, 11) is 0. The topological polar surface area (TPSA) is 398 Å². The van der Waals surface area contributed by atoms with E-state index >= 15 is 0 Å². The van der Waals surface area contributed by atoms with Crippen molar-refractivity contribution >= 4 is 47.8 Å². The van der Waals surface area contributed by atoms with Gasteiger partial charge in [0.1, 0.15) is 24.4 Å². The van der Waals surface area contributed by atoms with Gasteiger partial charge < -0.3 is 79.2 Å². The van der Waals surface area contributed by atoms with Crippen LogP contribution in [0.1, 0.15) is 105 Å². The highest BCUT2D eigenvalue weighted by Gasteiger charge is 2.25.